The molecule has 3 rings (SSSR count). The molecule has 1 aromatic heterocycles. The number of nitrogens with zero attached hydrogens (tertiary/aromatic N) is 3. The number of amides is 1. The third-order valence-corrected chi connectivity index (χ3v) is 3.57. The van der Waals surface area contributed by atoms with Gasteiger partial charge < -0.3 is 15.0 Å². The van der Waals surface area contributed by atoms with E-state index in [0.29, 0.717) is 23.0 Å². The maximum atomic E-state index is 14.0. The Hall–Kier alpha value is -3.48. The van der Waals surface area contributed by atoms with Crippen LogP contribution >= 0.6 is 0 Å². The second-order valence-corrected chi connectivity index (χ2v) is 5.68. The fourth-order valence-electron chi connectivity index (χ4n) is 2.28. The van der Waals surface area contributed by atoms with Crippen LogP contribution < -0.4 is 15.0 Å². The summed E-state index contributed by atoms with van der Waals surface area (Å²) in [7, 11) is 3.48. The third-order valence-electron chi connectivity index (χ3n) is 3.57. The summed E-state index contributed by atoms with van der Waals surface area (Å²) >= 11 is 0. The van der Waals surface area contributed by atoms with Gasteiger partial charge in [-0.15, -0.1) is 0 Å². The van der Waals surface area contributed by atoms with Crippen LogP contribution in [0.1, 0.15) is 10.4 Å². The first-order chi connectivity index (χ1) is 12.5. The van der Waals surface area contributed by atoms with Crippen LogP contribution in [0.3, 0.4) is 0 Å². The molecule has 0 aliphatic rings. The number of halogens is 1. The summed E-state index contributed by atoms with van der Waals surface area (Å²) in [6.07, 6.45) is 4.59. The normalized spacial score (nSPS) is 10.3. The molecule has 26 heavy (non-hydrogen) atoms. The van der Waals surface area contributed by atoms with Crippen molar-refractivity contribution in [3.63, 3.8) is 0 Å². The lowest BCUT2D eigenvalue weighted by Gasteiger charge is -2.14. The van der Waals surface area contributed by atoms with E-state index in [-0.39, 0.29) is 5.56 Å². The zero-order valence-corrected chi connectivity index (χ0v) is 14.3. The van der Waals surface area contributed by atoms with Crippen molar-refractivity contribution in [3.8, 4) is 11.6 Å². The lowest BCUT2D eigenvalue weighted by Crippen LogP contribution is -2.14. The number of nitrogens with one attached hydrogen (secondary N) is 1. The van der Waals surface area contributed by atoms with Crippen LogP contribution in [0.5, 0.6) is 11.6 Å². The molecular weight excluding hydrogens is 335 g/mol. The highest BCUT2D eigenvalue weighted by Gasteiger charge is 2.11. The lowest BCUT2D eigenvalue weighted by molar-refractivity contribution is 0.102. The summed E-state index contributed by atoms with van der Waals surface area (Å²) in [6.45, 7) is 0. The average molecular weight is 352 g/mol. The maximum Gasteiger partial charge on any atom is 0.255 e. The van der Waals surface area contributed by atoms with Crippen LogP contribution in [-0.4, -0.2) is 30.0 Å². The molecule has 2 aromatic carbocycles. The third kappa shape index (κ3) is 4.13. The largest absolute Gasteiger partial charge is 0.438 e. The minimum absolute atomic E-state index is 0.244. The number of aromatic nitrogens is 2. The number of carbonyl (C=O) groups excluding carboxylic acids is 1. The molecule has 3 aromatic rings. The molecule has 0 spiro atoms. The summed E-state index contributed by atoms with van der Waals surface area (Å²) in [5.74, 6) is 0.0952. The van der Waals surface area contributed by atoms with Crippen molar-refractivity contribution in [2.75, 3.05) is 24.3 Å². The lowest BCUT2D eigenvalue weighted by atomic mass is 10.1. The Bertz CT molecular complexity index is 899. The van der Waals surface area contributed by atoms with E-state index >= 15 is 0 Å². The van der Waals surface area contributed by atoms with Crippen molar-refractivity contribution in [2.45, 2.75) is 0 Å². The molecule has 0 fully saturated rings. The number of carbonyl (C=O) groups is 1. The SMILES string of the molecule is CN(C)c1ccc(C(=O)Nc2ccc(Oc3cnccn3)cc2)cc1F. The number of rotatable bonds is 5. The van der Waals surface area contributed by atoms with Crippen LogP contribution in [0.2, 0.25) is 0 Å². The summed E-state index contributed by atoms with van der Waals surface area (Å²) in [4.78, 5) is 21.9. The van der Waals surface area contributed by atoms with E-state index in [1.807, 2.05) is 0 Å². The van der Waals surface area contributed by atoms with Crippen LogP contribution in [0, 0.1) is 5.82 Å². The van der Waals surface area contributed by atoms with Crippen molar-refractivity contribution in [1.82, 2.24) is 9.97 Å². The van der Waals surface area contributed by atoms with E-state index in [1.165, 1.54) is 18.5 Å². The standard InChI is InChI=1S/C19H17FN4O2/c1-24(2)17-8-3-13(11-16(17)20)19(25)23-14-4-6-15(7-5-14)26-18-12-21-9-10-22-18/h3-12H,1-2H3,(H,23,25). The molecule has 0 radical (unpaired) electrons. The predicted molar refractivity (Wildman–Crippen MR) is 97.2 cm³/mol. The topological polar surface area (TPSA) is 67.4 Å². The van der Waals surface area contributed by atoms with Crippen molar-refractivity contribution in [1.29, 1.82) is 0 Å². The zero-order chi connectivity index (χ0) is 18.5. The monoisotopic (exact) mass is 352 g/mol. The van der Waals surface area contributed by atoms with Gasteiger partial charge in [-0.25, -0.2) is 9.37 Å². The Labute approximate surface area is 150 Å². The van der Waals surface area contributed by atoms with Crippen molar-refractivity contribution >= 4 is 17.3 Å². The molecule has 0 saturated heterocycles. The van der Waals surface area contributed by atoms with Crippen molar-refractivity contribution in [2.24, 2.45) is 0 Å². The minimum atomic E-state index is -0.449. The average Bonchev–Trinajstić information content (AvgIpc) is 2.64. The quantitative estimate of drug-likeness (QED) is 0.758. The Morgan fingerprint density at radius 3 is 2.50 bits per heavy atom. The van der Waals surface area contributed by atoms with Gasteiger partial charge in [-0.3, -0.25) is 9.78 Å². The van der Waals surface area contributed by atoms with Crippen molar-refractivity contribution in [3.05, 3.63) is 72.4 Å². The van der Waals surface area contributed by atoms with Gasteiger partial charge in [0.05, 0.1) is 11.9 Å². The number of anilines is 2. The second-order valence-electron chi connectivity index (χ2n) is 5.68. The summed E-state index contributed by atoms with van der Waals surface area (Å²) < 4.78 is 19.5. The van der Waals surface area contributed by atoms with Gasteiger partial charge in [0.25, 0.3) is 5.91 Å². The molecule has 6 nitrogen and oxygen atoms in total. The summed E-state index contributed by atoms with van der Waals surface area (Å²) in [5.41, 5.74) is 1.23. The smallest absolute Gasteiger partial charge is 0.255 e. The van der Waals surface area contributed by atoms with E-state index < -0.39 is 11.7 Å². The molecule has 1 N–H and O–H groups in total. The Balaban J connectivity index is 1.67. The van der Waals surface area contributed by atoms with E-state index in [4.69, 9.17) is 4.74 Å². The minimum Gasteiger partial charge on any atom is -0.438 e. The first-order valence-electron chi connectivity index (χ1n) is 7.85. The van der Waals surface area contributed by atoms with Crippen LogP contribution in [0.4, 0.5) is 15.8 Å². The molecule has 0 aliphatic heterocycles. The van der Waals surface area contributed by atoms with Gasteiger partial charge in [0.2, 0.25) is 5.88 Å². The highest BCUT2D eigenvalue weighted by Crippen LogP contribution is 2.22. The Morgan fingerprint density at radius 1 is 1.12 bits per heavy atom. The molecule has 132 valence electrons. The fraction of sp³-hybridized carbons (Fsp3) is 0.105. The highest BCUT2D eigenvalue weighted by atomic mass is 19.1. The summed E-state index contributed by atoms with van der Waals surface area (Å²) in [5, 5.41) is 2.72. The Morgan fingerprint density at radius 2 is 1.88 bits per heavy atom. The fourth-order valence-corrected chi connectivity index (χ4v) is 2.28. The van der Waals surface area contributed by atoms with E-state index in [0.717, 1.165) is 0 Å². The first kappa shape index (κ1) is 17.3. The van der Waals surface area contributed by atoms with Crippen LogP contribution in [-0.2, 0) is 0 Å². The number of hydrogen-bond donors (Lipinski definition) is 1. The molecule has 1 heterocycles. The molecule has 7 heteroatoms. The van der Waals surface area contributed by atoms with E-state index in [2.05, 4.69) is 15.3 Å². The summed E-state index contributed by atoms with van der Waals surface area (Å²) in [6, 6.07) is 11.1. The maximum absolute atomic E-state index is 14.0. The van der Waals surface area contributed by atoms with Gasteiger partial charge in [0.1, 0.15) is 11.6 Å². The number of ether oxygens (including phenoxy) is 1. The molecule has 0 atom stereocenters. The second kappa shape index (κ2) is 7.60. The highest BCUT2D eigenvalue weighted by molar-refractivity contribution is 6.04. The van der Waals surface area contributed by atoms with Crippen molar-refractivity contribution < 1.29 is 13.9 Å². The van der Waals surface area contributed by atoms with E-state index in [9.17, 15) is 9.18 Å². The molecule has 0 saturated carbocycles. The number of hydrogen-bond acceptors (Lipinski definition) is 5. The van der Waals surface area contributed by atoms with Crippen LogP contribution in [0.25, 0.3) is 0 Å². The van der Waals surface area contributed by atoms with Gasteiger partial charge in [0.15, 0.2) is 0 Å². The molecule has 0 bridgehead atoms. The zero-order valence-electron chi connectivity index (χ0n) is 14.3. The molecule has 0 unspecified atom stereocenters. The van der Waals surface area contributed by atoms with Crippen LogP contribution in [0.15, 0.2) is 61.1 Å². The van der Waals surface area contributed by atoms with Gasteiger partial charge in [0, 0.05) is 37.7 Å². The molecule has 1 amide bonds. The predicted octanol–water partition coefficient (Wildman–Crippen LogP) is 3.73. The number of benzene rings is 2. The Kier molecular flexibility index (Phi) is 5.07. The van der Waals surface area contributed by atoms with Gasteiger partial charge in [-0.1, -0.05) is 0 Å². The molecular formula is C19H17FN4O2. The first-order valence-corrected chi connectivity index (χ1v) is 7.85. The van der Waals surface area contributed by atoms with Gasteiger partial charge >= 0.3 is 0 Å². The van der Waals surface area contributed by atoms with E-state index in [1.54, 1.807) is 61.6 Å². The van der Waals surface area contributed by atoms with Gasteiger partial charge in [-0.05, 0) is 42.5 Å². The van der Waals surface area contributed by atoms with Gasteiger partial charge in [-0.2, -0.15) is 0 Å². The molecule has 0 aliphatic carbocycles.